The summed E-state index contributed by atoms with van der Waals surface area (Å²) >= 11 is 0. The Morgan fingerprint density at radius 3 is 2.67 bits per heavy atom. The standard InChI is InChI=1S/C14H28N2O2/c1-3-14(4-2,11-17)10-16-13(18)8-12-6-5-7-15-9-12/h12,15,17H,3-11H2,1-2H3,(H,16,18). The van der Waals surface area contributed by atoms with Crippen molar-refractivity contribution in [1.82, 2.24) is 10.6 Å². The number of hydrogen-bond donors (Lipinski definition) is 3. The van der Waals surface area contributed by atoms with Gasteiger partial charge in [-0.05, 0) is 44.7 Å². The van der Waals surface area contributed by atoms with Crippen molar-refractivity contribution in [1.29, 1.82) is 0 Å². The number of amides is 1. The third-order valence-electron chi connectivity index (χ3n) is 4.37. The lowest BCUT2D eigenvalue weighted by atomic mass is 9.83. The van der Waals surface area contributed by atoms with Crippen LogP contribution >= 0.6 is 0 Å². The van der Waals surface area contributed by atoms with Crippen LogP contribution in [0.5, 0.6) is 0 Å². The lowest BCUT2D eigenvalue weighted by Gasteiger charge is -2.30. The maximum absolute atomic E-state index is 11.9. The molecule has 1 rings (SSSR count). The average molecular weight is 256 g/mol. The molecule has 1 atom stereocenters. The monoisotopic (exact) mass is 256 g/mol. The molecule has 18 heavy (non-hydrogen) atoms. The van der Waals surface area contributed by atoms with E-state index in [1.807, 2.05) is 0 Å². The maximum Gasteiger partial charge on any atom is 0.220 e. The van der Waals surface area contributed by atoms with Crippen LogP contribution in [-0.2, 0) is 4.79 Å². The van der Waals surface area contributed by atoms with Gasteiger partial charge in [-0.2, -0.15) is 0 Å². The average Bonchev–Trinajstić information content (AvgIpc) is 2.42. The maximum atomic E-state index is 11.9. The molecule has 1 heterocycles. The SMILES string of the molecule is CCC(CC)(CO)CNC(=O)CC1CCCNC1. The first-order chi connectivity index (χ1) is 8.65. The van der Waals surface area contributed by atoms with Crippen LogP contribution in [0.3, 0.4) is 0 Å². The second-order valence-corrected chi connectivity index (χ2v) is 5.56. The van der Waals surface area contributed by atoms with Gasteiger partial charge in [0.05, 0.1) is 6.61 Å². The molecule has 3 N–H and O–H groups in total. The van der Waals surface area contributed by atoms with Gasteiger partial charge in [0.1, 0.15) is 0 Å². The zero-order valence-electron chi connectivity index (χ0n) is 11.8. The van der Waals surface area contributed by atoms with E-state index in [1.165, 1.54) is 6.42 Å². The highest BCUT2D eigenvalue weighted by Crippen LogP contribution is 2.24. The van der Waals surface area contributed by atoms with Gasteiger partial charge < -0.3 is 15.7 Å². The molecule has 106 valence electrons. The number of carbonyl (C=O) groups excluding carboxylic acids is 1. The van der Waals surface area contributed by atoms with E-state index < -0.39 is 0 Å². The molecule has 0 aromatic heterocycles. The van der Waals surface area contributed by atoms with Crippen LogP contribution in [0.1, 0.15) is 46.0 Å². The quantitative estimate of drug-likeness (QED) is 0.643. The normalized spacial score (nSPS) is 20.7. The minimum atomic E-state index is -0.138. The van der Waals surface area contributed by atoms with Crippen LogP contribution < -0.4 is 10.6 Å². The second kappa shape index (κ2) is 7.74. The fourth-order valence-corrected chi connectivity index (χ4v) is 2.50. The molecule has 4 heteroatoms. The van der Waals surface area contributed by atoms with E-state index in [0.717, 1.165) is 32.4 Å². The summed E-state index contributed by atoms with van der Waals surface area (Å²) in [6, 6.07) is 0. The van der Waals surface area contributed by atoms with E-state index in [4.69, 9.17) is 0 Å². The van der Waals surface area contributed by atoms with Crippen molar-refractivity contribution < 1.29 is 9.90 Å². The number of hydrogen-bond acceptors (Lipinski definition) is 3. The number of rotatable bonds is 7. The number of nitrogens with one attached hydrogen (secondary N) is 2. The molecule has 1 amide bonds. The summed E-state index contributed by atoms with van der Waals surface area (Å²) in [7, 11) is 0. The lowest BCUT2D eigenvalue weighted by Crippen LogP contribution is -2.41. The van der Waals surface area contributed by atoms with Crippen molar-refractivity contribution in [2.24, 2.45) is 11.3 Å². The molecular weight excluding hydrogens is 228 g/mol. The van der Waals surface area contributed by atoms with Gasteiger partial charge in [0, 0.05) is 18.4 Å². The zero-order chi connectivity index (χ0) is 13.4. The molecule has 1 aliphatic heterocycles. The number of aliphatic hydroxyl groups excluding tert-OH is 1. The summed E-state index contributed by atoms with van der Waals surface area (Å²) < 4.78 is 0. The molecule has 0 aromatic rings. The van der Waals surface area contributed by atoms with Gasteiger partial charge in [-0.25, -0.2) is 0 Å². The molecule has 0 bridgehead atoms. The highest BCUT2D eigenvalue weighted by molar-refractivity contribution is 5.76. The summed E-state index contributed by atoms with van der Waals surface area (Å²) in [4.78, 5) is 11.9. The van der Waals surface area contributed by atoms with Crippen molar-refractivity contribution >= 4 is 5.91 Å². The first-order valence-corrected chi connectivity index (χ1v) is 7.24. The van der Waals surface area contributed by atoms with E-state index in [0.29, 0.717) is 18.9 Å². The molecule has 1 fully saturated rings. The van der Waals surface area contributed by atoms with Crippen LogP contribution in [0.15, 0.2) is 0 Å². The van der Waals surface area contributed by atoms with E-state index in [1.54, 1.807) is 0 Å². The Bertz CT molecular complexity index is 238. The molecule has 0 spiro atoms. The topological polar surface area (TPSA) is 61.4 Å². The molecule has 0 radical (unpaired) electrons. The predicted octanol–water partition coefficient (Wildman–Crippen LogP) is 1.29. The van der Waals surface area contributed by atoms with Gasteiger partial charge in [0.25, 0.3) is 0 Å². The third-order valence-corrected chi connectivity index (χ3v) is 4.37. The smallest absolute Gasteiger partial charge is 0.220 e. The first kappa shape index (κ1) is 15.4. The van der Waals surface area contributed by atoms with Crippen LogP contribution in [0.25, 0.3) is 0 Å². The summed E-state index contributed by atoms with van der Waals surface area (Å²) in [6.07, 6.45) is 4.72. The van der Waals surface area contributed by atoms with Gasteiger partial charge in [0.15, 0.2) is 0 Å². The molecule has 0 aliphatic carbocycles. The van der Waals surface area contributed by atoms with Crippen molar-refractivity contribution in [3.05, 3.63) is 0 Å². The fraction of sp³-hybridized carbons (Fsp3) is 0.929. The predicted molar refractivity (Wildman–Crippen MR) is 73.3 cm³/mol. The zero-order valence-corrected chi connectivity index (χ0v) is 11.8. The number of aliphatic hydroxyl groups is 1. The Balaban J connectivity index is 2.30. The Morgan fingerprint density at radius 2 is 2.17 bits per heavy atom. The summed E-state index contributed by atoms with van der Waals surface area (Å²) in [5, 5.41) is 15.8. The Kier molecular flexibility index (Phi) is 6.65. The van der Waals surface area contributed by atoms with Gasteiger partial charge in [-0.15, -0.1) is 0 Å². The fourth-order valence-electron chi connectivity index (χ4n) is 2.50. The van der Waals surface area contributed by atoms with Crippen molar-refractivity contribution in [3.8, 4) is 0 Å². The third kappa shape index (κ3) is 4.58. The van der Waals surface area contributed by atoms with E-state index in [2.05, 4.69) is 24.5 Å². The van der Waals surface area contributed by atoms with Gasteiger partial charge in [-0.3, -0.25) is 4.79 Å². The van der Waals surface area contributed by atoms with Gasteiger partial charge in [0.2, 0.25) is 5.91 Å². The largest absolute Gasteiger partial charge is 0.396 e. The molecule has 4 nitrogen and oxygen atoms in total. The highest BCUT2D eigenvalue weighted by atomic mass is 16.3. The molecule has 1 unspecified atom stereocenters. The van der Waals surface area contributed by atoms with Crippen molar-refractivity contribution in [3.63, 3.8) is 0 Å². The van der Waals surface area contributed by atoms with Crippen LogP contribution in [-0.4, -0.2) is 37.3 Å². The van der Waals surface area contributed by atoms with Crippen molar-refractivity contribution in [2.45, 2.75) is 46.0 Å². The number of carbonyl (C=O) groups is 1. The molecular formula is C14H28N2O2. The molecule has 0 aromatic carbocycles. The summed E-state index contributed by atoms with van der Waals surface area (Å²) in [5.74, 6) is 0.606. The van der Waals surface area contributed by atoms with Gasteiger partial charge >= 0.3 is 0 Å². The van der Waals surface area contributed by atoms with Gasteiger partial charge in [-0.1, -0.05) is 13.8 Å². The molecule has 0 saturated carbocycles. The Hall–Kier alpha value is -0.610. The summed E-state index contributed by atoms with van der Waals surface area (Å²) in [5.41, 5.74) is -0.138. The van der Waals surface area contributed by atoms with E-state index in [9.17, 15) is 9.90 Å². The molecule has 1 aliphatic rings. The van der Waals surface area contributed by atoms with E-state index in [-0.39, 0.29) is 17.9 Å². The Morgan fingerprint density at radius 1 is 1.44 bits per heavy atom. The Labute approximate surface area is 111 Å². The lowest BCUT2D eigenvalue weighted by molar-refractivity contribution is -0.122. The van der Waals surface area contributed by atoms with Crippen LogP contribution in [0.4, 0.5) is 0 Å². The number of piperidine rings is 1. The highest BCUT2D eigenvalue weighted by Gasteiger charge is 2.26. The first-order valence-electron chi connectivity index (χ1n) is 7.24. The minimum absolute atomic E-state index is 0.128. The molecule has 1 saturated heterocycles. The van der Waals surface area contributed by atoms with Crippen LogP contribution in [0, 0.1) is 11.3 Å². The second-order valence-electron chi connectivity index (χ2n) is 5.56. The van der Waals surface area contributed by atoms with E-state index >= 15 is 0 Å². The van der Waals surface area contributed by atoms with Crippen LogP contribution in [0.2, 0.25) is 0 Å². The summed E-state index contributed by atoms with van der Waals surface area (Å²) in [6.45, 7) is 6.91. The van der Waals surface area contributed by atoms with Crippen molar-refractivity contribution in [2.75, 3.05) is 26.2 Å². The minimum Gasteiger partial charge on any atom is -0.396 e.